The summed E-state index contributed by atoms with van der Waals surface area (Å²) >= 11 is 0. The van der Waals surface area contributed by atoms with E-state index in [2.05, 4.69) is 15.4 Å². The molecule has 0 unspecified atom stereocenters. The lowest BCUT2D eigenvalue weighted by Gasteiger charge is -2.11. The highest BCUT2D eigenvalue weighted by atomic mass is 32.2. The van der Waals surface area contributed by atoms with Crippen LogP contribution >= 0.6 is 0 Å². The molecule has 3 N–H and O–H groups in total. The van der Waals surface area contributed by atoms with E-state index in [1.165, 1.54) is 0 Å². The summed E-state index contributed by atoms with van der Waals surface area (Å²) in [7, 11) is -5.84. The summed E-state index contributed by atoms with van der Waals surface area (Å²) in [5, 5.41) is 5.04. The predicted molar refractivity (Wildman–Crippen MR) is 269 cm³/mol. The molecule has 0 saturated heterocycles. The van der Waals surface area contributed by atoms with Crippen LogP contribution in [0.4, 0.5) is 0 Å². The summed E-state index contributed by atoms with van der Waals surface area (Å²) in [6.45, 7) is 52.0. The Morgan fingerprint density at radius 3 is 0.734 bits per heavy atom. The molecule has 0 rings (SSSR count). The SMILES string of the molecule is CC(C)C(=O)C(C)C.CC(C)CS(=O)(=O)C(C)C.CC(C)NC(=O)C(C)C.CC(C)NC(=O)C(C)C.CC(C)NS(=O)(=O)C(C)C.CC(C)OC(=O)C(C)C.CC(C)OC(=O)C(C)C. The van der Waals surface area contributed by atoms with Crippen LogP contribution in [-0.2, 0) is 53.3 Å². The van der Waals surface area contributed by atoms with Crippen LogP contribution in [-0.4, -0.2) is 93.0 Å². The van der Waals surface area contributed by atoms with Crippen molar-refractivity contribution in [3.05, 3.63) is 0 Å². The average molecular weight is 962 g/mol. The maximum absolute atomic E-state index is 11.1. The summed E-state index contributed by atoms with van der Waals surface area (Å²) in [4.78, 5) is 54.0. The van der Waals surface area contributed by atoms with Gasteiger partial charge in [-0.1, -0.05) is 96.9 Å². The van der Waals surface area contributed by atoms with Crippen molar-refractivity contribution < 1.29 is 50.3 Å². The maximum atomic E-state index is 11.1. The van der Waals surface area contributed by atoms with Gasteiger partial charge in [0, 0.05) is 41.8 Å². The molecule has 0 bridgehead atoms. The van der Waals surface area contributed by atoms with Gasteiger partial charge in [0.1, 0.15) is 5.78 Å². The number of hydrogen-bond acceptors (Lipinski definition) is 11. The van der Waals surface area contributed by atoms with E-state index in [0.29, 0.717) is 11.5 Å². The van der Waals surface area contributed by atoms with Crippen molar-refractivity contribution in [1.29, 1.82) is 0 Å². The third-order valence-electron chi connectivity index (χ3n) is 7.00. The summed E-state index contributed by atoms with van der Waals surface area (Å²) in [5.41, 5.74) is 0. The van der Waals surface area contributed by atoms with Gasteiger partial charge in [-0.25, -0.2) is 21.6 Å². The van der Waals surface area contributed by atoms with Gasteiger partial charge in [-0.05, 0) is 103 Å². The first kappa shape index (κ1) is 75.7. The van der Waals surface area contributed by atoms with Gasteiger partial charge in [0.2, 0.25) is 21.8 Å². The first-order valence-corrected chi connectivity index (χ1v) is 26.5. The molecule has 0 aliphatic rings. The van der Waals surface area contributed by atoms with Crippen molar-refractivity contribution >= 4 is 49.4 Å². The number of hydrogen-bond donors (Lipinski definition) is 3. The second-order valence-corrected chi connectivity index (χ2v) is 24.6. The molecule has 2 amide bonds. The van der Waals surface area contributed by atoms with Crippen LogP contribution in [0.15, 0.2) is 0 Å². The smallest absolute Gasteiger partial charge is 0.308 e. The summed E-state index contributed by atoms with van der Waals surface area (Å²) in [5.74, 6) is 1.52. The molecule has 0 fully saturated rings. The molecule has 16 heteroatoms. The number of ketones is 1. The number of sulfonamides is 1. The van der Waals surface area contributed by atoms with Crippen LogP contribution in [0.25, 0.3) is 0 Å². The molecule has 0 radical (unpaired) electrons. The number of esters is 2. The van der Waals surface area contributed by atoms with Crippen LogP contribution in [0.1, 0.15) is 194 Å². The number of nitrogens with one attached hydrogen (secondary N) is 3. The second kappa shape index (κ2) is 40.7. The standard InChI is InChI=1S/2C7H15NO.C7H16O2S.2C7H14O2.C7H14O.C6H15NO2S/c2*1-5(2)7(9)8-6(3)4;1-6(2)5-10(8,9)7(3)4;2*1-5(2)7(8)9-6(3)4;1-5(2)7(8)6(3)4;1-5(2)7-10(8,9)6(3)4/h2*5-6H,1-4H3,(H,8,9);6-7H,5H2,1-4H3;2*5-6H,1-4H3;5-6H,1-4H3;5-7H,1-4H3. The Kier molecular flexibility index (Phi) is 48.1. The van der Waals surface area contributed by atoms with Gasteiger partial charge in [0.15, 0.2) is 9.84 Å². The Bertz CT molecular complexity index is 1270. The Morgan fingerprint density at radius 1 is 0.391 bits per heavy atom. The monoisotopic (exact) mass is 962 g/mol. The zero-order valence-corrected chi connectivity index (χ0v) is 47.7. The number of sulfone groups is 1. The van der Waals surface area contributed by atoms with Gasteiger partial charge >= 0.3 is 11.9 Å². The minimum absolute atomic E-state index is 0.00704. The molecule has 0 aliphatic heterocycles. The molecule has 0 heterocycles. The summed E-state index contributed by atoms with van der Waals surface area (Å²) in [6, 6.07) is 0.521. The van der Waals surface area contributed by atoms with Crippen LogP contribution in [0, 0.1) is 41.4 Å². The Labute approximate surface area is 395 Å². The Hall–Kier alpha value is -2.59. The Morgan fingerprint density at radius 2 is 0.672 bits per heavy atom. The highest BCUT2D eigenvalue weighted by Gasteiger charge is 2.17. The third kappa shape index (κ3) is 57.4. The average Bonchev–Trinajstić information content (AvgIpc) is 3.07. The van der Waals surface area contributed by atoms with E-state index < -0.39 is 19.9 Å². The van der Waals surface area contributed by atoms with Crippen LogP contribution in [0.2, 0.25) is 0 Å². The lowest BCUT2D eigenvalue weighted by molar-refractivity contribution is -0.152. The van der Waals surface area contributed by atoms with E-state index in [9.17, 15) is 40.8 Å². The van der Waals surface area contributed by atoms with Crippen LogP contribution < -0.4 is 15.4 Å². The molecule has 0 atom stereocenters. The van der Waals surface area contributed by atoms with E-state index in [4.69, 9.17) is 9.47 Å². The molecule has 0 spiro atoms. The number of Topliss-reactive ketones (excluding diaryl/α,β-unsaturated/α-hetero) is 1. The summed E-state index contributed by atoms with van der Waals surface area (Å²) in [6.07, 6.45) is 0.0276. The highest BCUT2D eigenvalue weighted by molar-refractivity contribution is 7.92. The molecule has 0 saturated carbocycles. The van der Waals surface area contributed by atoms with Crippen molar-refractivity contribution in [2.45, 2.75) is 235 Å². The van der Waals surface area contributed by atoms with E-state index in [1.54, 1.807) is 41.5 Å². The molecule has 388 valence electrons. The highest BCUT2D eigenvalue weighted by Crippen LogP contribution is 2.06. The van der Waals surface area contributed by atoms with Gasteiger partial charge < -0.3 is 20.1 Å². The van der Waals surface area contributed by atoms with Crippen LogP contribution in [0.3, 0.4) is 0 Å². The van der Waals surface area contributed by atoms with Crippen molar-refractivity contribution in [2.75, 3.05) is 5.75 Å². The van der Waals surface area contributed by atoms with Crippen molar-refractivity contribution in [2.24, 2.45) is 41.4 Å². The minimum Gasteiger partial charge on any atom is -0.463 e. The molecule has 64 heavy (non-hydrogen) atoms. The Balaban J connectivity index is -0.000000119. The van der Waals surface area contributed by atoms with Gasteiger partial charge in [-0.2, -0.15) is 0 Å². The normalized spacial score (nSPS) is 11.3. The number of rotatable bonds is 16. The fourth-order valence-electron chi connectivity index (χ4n) is 3.43. The minimum atomic E-state index is -3.05. The van der Waals surface area contributed by atoms with Crippen molar-refractivity contribution in [3.8, 4) is 0 Å². The van der Waals surface area contributed by atoms with Gasteiger partial charge in [-0.15, -0.1) is 0 Å². The molecular formula is C48H103N3O11S2. The second-order valence-electron chi connectivity index (χ2n) is 19.8. The molecule has 0 aliphatic carbocycles. The third-order valence-corrected chi connectivity index (χ3v) is 11.6. The van der Waals surface area contributed by atoms with Gasteiger partial charge in [-0.3, -0.25) is 24.0 Å². The molecule has 14 nitrogen and oxygen atoms in total. The number of carbonyl (C=O) groups excluding carboxylic acids is 5. The van der Waals surface area contributed by atoms with Gasteiger partial charge in [0.25, 0.3) is 0 Å². The maximum Gasteiger partial charge on any atom is 0.308 e. The summed E-state index contributed by atoms with van der Waals surface area (Å²) < 4.78 is 56.6. The molecular weight excluding hydrogens is 859 g/mol. The topological polar surface area (TPSA) is 208 Å². The number of amides is 2. The van der Waals surface area contributed by atoms with Crippen molar-refractivity contribution in [3.63, 3.8) is 0 Å². The lowest BCUT2D eigenvalue weighted by atomic mass is 9.99. The number of carbonyl (C=O) groups is 5. The largest absolute Gasteiger partial charge is 0.463 e. The zero-order valence-electron chi connectivity index (χ0n) is 46.1. The first-order valence-electron chi connectivity index (χ1n) is 23.2. The van der Waals surface area contributed by atoms with Crippen molar-refractivity contribution in [1.82, 2.24) is 15.4 Å². The molecule has 0 aromatic rings. The lowest BCUT2D eigenvalue weighted by Crippen LogP contribution is -2.35. The fraction of sp³-hybridized carbons (Fsp3) is 0.896. The van der Waals surface area contributed by atoms with E-state index >= 15 is 0 Å². The van der Waals surface area contributed by atoms with Gasteiger partial charge in [0.05, 0.1) is 40.3 Å². The molecule has 0 aromatic carbocycles. The quantitative estimate of drug-likeness (QED) is 0.124. The van der Waals surface area contributed by atoms with E-state index in [1.807, 2.05) is 152 Å². The zero-order chi connectivity index (χ0) is 53.2. The van der Waals surface area contributed by atoms with E-state index in [0.717, 1.165) is 0 Å². The fourth-order valence-corrected chi connectivity index (χ4v) is 5.67. The van der Waals surface area contributed by atoms with Crippen LogP contribution in [0.5, 0.6) is 0 Å². The molecule has 0 aromatic heterocycles. The van der Waals surface area contributed by atoms with E-state index in [-0.39, 0.29) is 106 Å². The first-order chi connectivity index (χ1) is 28.4. The predicted octanol–water partition coefficient (Wildman–Crippen LogP) is 9.58. The number of ether oxygens (including phenoxy) is 2.